The Morgan fingerprint density at radius 2 is 1.96 bits per heavy atom. The van der Waals surface area contributed by atoms with Gasteiger partial charge in [0.25, 0.3) is 0 Å². The second-order valence-electron chi connectivity index (χ2n) is 6.71. The summed E-state index contributed by atoms with van der Waals surface area (Å²) in [5.41, 5.74) is 2.42. The van der Waals surface area contributed by atoms with Crippen molar-refractivity contribution in [3.8, 4) is 11.5 Å². The number of aromatic nitrogens is 3. The van der Waals surface area contributed by atoms with Gasteiger partial charge in [-0.15, -0.1) is 0 Å². The fraction of sp³-hybridized carbons (Fsp3) is 0.350. The highest BCUT2D eigenvalue weighted by molar-refractivity contribution is 5.91. The van der Waals surface area contributed by atoms with Crippen LogP contribution >= 0.6 is 0 Å². The molecular formula is C20H23N5O3. The number of nitrogens with one attached hydrogen (secondary N) is 1. The summed E-state index contributed by atoms with van der Waals surface area (Å²) in [5.74, 6) is 1.25. The number of nitrogens with zero attached hydrogens (tertiary/aromatic N) is 4. The molecule has 2 amide bonds. The second-order valence-corrected chi connectivity index (χ2v) is 6.71. The third kappa shape index (κ3) is 3.45. The number of imidazole rings is 1. The highest BCUT2D eigenvalue weighted by atomic mass is 16.5. The summed E-state index contributed by atoms with van der Waals surface area (Å²) in [6.45, 7) is 1.34. The highest BCUT2D eigenvalue weighted by Gasteiger charge is 2.25. The molecule has 0 saturated carbocycles. The fourth-order valence-corrected chi connectivity index (χ4v) is 3.58. The Labute approximate surface area is 163 Å². The van der Waals surface area contributed by atoms with Gasteiger partial charge >= 0.3 is 6.03 Å². The maximum atomic E-state index is 12.7. The summed E-state index contributed by atoms with van der Waals surface area (Å²) in [6, 6.07) is 9.34. The monoisotopic (exact) mass is 381 g/mol. The van der Waals surface area contributed by atoms with Crippen molar-refractivity contribution in [1.29, 1.82) is 0 Å². The normalized spacial score (nSPS) is 14.9. The molecule has 8 heteroatoms. The van der Waals surface area contributed by atoms with Gasteiger partial charge in [0.15, 0.2) is 5.65 Å². The van der Waals surface area contributed by atoms with E-state index in [9.17, 15) is 4.79 Å². The summed E-state index contributed by atoms with van der Waals surface area (Å²) in [5, 5.41) is 2.94. The van der Waals surface area contributed by atoms with Gasteiger partial charge in [-0.25, -0.2) is 14.8 Å². The Hall–Kier alpha value is -3.29. The zero-order chi connectivity index (χ0) is 19.5. The number of urea groups is 1. The Balaban J connectivity index is 1.40. The lowest BCUT2D eigenvalue weighted by Gasteiger charge is -2.32. The molecule has 1 N–H and O–H groups in total. The number of hydrogen-bond acceptors (Lipinski definition) is 5. The maximum Gasteiger partial charge on any atom is 0.321 e. The van der Waals surface area contributed by atoms with E-state index in [4.69, 9.17) is 9.47 Å². The number of benzene rings is 1. The zero-order valence-electron chi connectivity index (χ0n) is 16.0. The van der Waals surface area contributed by atoms with Crippen LogP contribution in [0.1, 0.15) is 18.9 Å². The van der Waals surface area contributed by atoms with E-state index in [0.29, 0.717) is 36.3 Å². The number of amides is 2. The molecule has 28 heavy (non-hydrogen) atoms. The minimum atomic E-state index is -0.129. The molecule has 1 aliphatic heterocycles. The number of piperidine rings is 1. The molecule has 2 aromatic heterocycles. The number of fused-ring (bicyclic) bond motifs is 1. The first kappa shape index (κ1) is 18.1. The van der Waals surface area contributed by atoms with Crippen LogP contribution in [-0.4, -0.2) is 52.8 Å². The molecule has 3 aromatic rings. The van der Waals surface area contributed by atoms with E-state index in [1.807, 2.05) is 23.4 Å². The number of hydrogen-bond donors (Lipinski definition) is 1. The number of anilines is 1. The van der Waals surface area contributed by atoms with Gasteiger partial charge in [-0.1, -0.05) is 0 Å². The fourth-order valence-electron chi connectivity index (χ4n) is 3.58. The van der Waals surface area contributed by atoms with E-state index < -0.39 is 0 Å². The molecule has 1 fully saturated rings. The number of carbonyl (C=O) groups excluding carboxylic acids is 1. The molecule has 0 radical (unpaired) electrons. The first-order chi connectivity index (χ1) is 13.7. The smallest absolute Gasteiger partial charge is 0.321 e. The van der Waals surface area contributed by atoms with Gasteiger partial charge in [0, 0.05) is 31.4 Å². The Bertz CT molecular complexity index is 979. The van der Waals surface area contributed by atoms with Crippen molar-refractivity contribution in [1.82, 2.24) is 19.4 Å². The summed E-state index contributed by atoms with van der Waals surface area (Å²) in [6.07, 6.45) is 5.34. The standard InChI is InChI=1S/C20H23N5O3/c1-27-15-5-6-16(18(12-15)28-2)23-20(26)24-10-7-14(8-11-24)25-13-22-17-4-3-9-21-19(17)25/h3-6,9,12-14H,7-8,10-11H2,1-2H3,(H,23,26). The Kier molecular flexibility index (Phi) is 5.01. The van der Waals surface area contributed by atoms with Crippen molar-refractivity contribution >= 4 is 22.9 Å². The van der Waals surface area contributed by atoms with Gasteiger partial charge in [0.05, 0.1) is 26.2 Å². The Morgan fingerprint density at radius 3 is 2.71 bits per heavy atom. The molecule has 8 nitrogen and oxygen atoms in total. The van der Waals surface area contributed by atoms with Crippen molar-refractivity contribution in [3.05, 3.63) is 42.9 Å². The van der Waals surface area contributed by atoms with Crippen LogP contribution in [0.15, 0.2) is 42.9 Å². The Morgan fingerprint density at radius 1 is 1.14 bits per heavy atom. The van der Waals surface area contributed by atoms with E-state index in [1.165, 1.54) is 0 Å². The number of pyridine rings is 1. The van der Waals surface area contributed by atoms with Gasteiger partial charge in [0.2, 0.25) is 0 Å². The van der Waals surface area contributed by atoms with Gasteiger partial charge in [-0.3, -0.25) is 0 Å². The molecular weight excluding hydrogens is 358 g/mol. The topological polar surface area (TPSA) is 81.5 Å². The number of ether oxygens (including phenoxy) is 2. The van der Waals surface area contributed by atoms with Gasteiger partial charge in [-0.05, 0) is 37.1 Å². The number of methoxy groups -OCH3 is 2. The lowest BCUT2D eigenvalue weighted by atomic mass is 10.1. The molecule has 1 saturated heterocycles. The van der Waals surface area contributed by atoms with Crippen LogP contribution in [0.3, 0.4) is 0 Å². The summed E-state index contributed by atoms with van der Waals surface area (Å²) < 4.78 is 12.7. The van der Waals surface area contributed by atoms with Crippen LogP contribution < -0.4 is 14.8 Å². The molecule has 0 aliphatic carbocycles. The maximum absolute atomic E-state index is 12.7. The van der Waals surface area contributed by atoms with Gasteiger partial charge < -0.3 is 24.3 Å². The molecule has 0 atom stereocenters. The largest absolute Gasteiger partial charge is 0.497 e. The minimum absolute atomic E-state index is 0.129. The summed E-state index contributed by atoms with van der Waals surface area (Å²) in [4.78, 5) is 23.4. The van der Waals surface area contributed by atoms with Crippen molar-refractivity contribution in [2.45, 2.75) is 18.9 Å². The van der Waals surface area contributed by atoms with Crippen LogP contribution in [0.4, 0.5) is 10.5 Å². The summed E-state index contributed by atoms with van der Waals surface area (Å²) in [7, 11) is 3.16. The highest BCUT2D eigenvalue weighted by Crippen LogP contribution is 2.30. The number of likely N-dealkylation sites (tertiary alicyclic amines) is 1. The molecule has 146 valence electrons. The molecule has 4 rings (SSSR count). The van der Waals surface area contributed by atoms with Gasteiger partial charge in [0.1, 0.15) is 17.0 Å². The van der Waals surface area contributed by atoms with Crippen LogP contribution in [0, 0.1) is 0 Å². The third-order valence-electron chi connectivity index (χ3n) is 5.13. The number of rotatable bonds is 4. The van der Waals surface area contributed by atoms with Crippen molar-refractivity contribution in [2.24, 2.45) is 0 Å². The van der Waals surface area contributed by atoms with Crippen LogP contribution in [0.25, 0.3) is 11.2 Å². The van der Waals surface area contributed by atoms with Crippen molar-refractivity contribution < 1.29 is 14.3 Å². The average Bonchev–Trinajstić information content (AvgIpc) is 3.18. The number of carbonyl (C=O) groups is 1. The average molecular weight is 381 g/mol. The lowest BCUT2D eigenvalue weighted by Crippen LogP contribution is -2.41. The van der Waals surface area contributed by atoms with Crippen LogP contribution in [-0.2, 0) is 0 Å². The first-order valence-corrected chi connectivity index (χ1v) is 9.25. The molecule has 1 aromatic carbocycles. The molecule has 0 spiro atoms. The van der Waals surface area contributed by atoms with E-state index >= 15 is 0 Å². The van der Waals surface area contributed by atoms with Gasteiger partial charge in [-0.2, -0.15) is 0 Å². The molecule has 3 heterocycles. The zero-order valence-corrected chi connectivity index (χ0v) is 16.0. The predicted molar refractivity (Wildman–Crippen MR) is 106 cm³/mol. The van der Waals surface area contributed by atoms with E-state index in [0.717, 1.165) is 24.0 Å². The molecule has 0 bridgehead atoms. The summed E-state index contributed by atoms with van der Waals surface area (Å²) >= 11 is 0. The van der Waals surface area contributed by atoms with Crippen LogP contribution in [0.5, 0.6) is 11.5 Å². The lowest BCUT2D eigenvalue weighted by molar-refractivity contribution is 0.184. The van der Waals surface area contributed by atoms with E-state index in [2.05, 4.69) is 19.9 Å². The SMILES string of the molecule is COc1ccc(NC(=O)N2CCC(n3cnc4cccnc43)CC2)c(OC)c1. The molecule has 1 aliphatic rings. The quantitative estimate of drug-likeness (QED) is 0.750. The van der Waals surface area contributed by atoms with Crippen molar-refractivity contribution in [3.63, 3.8) is 0 Å². The van der Waals surface area contributed by atoms with E-state index in [1.54, 1.807) is 38.6 Å². The third-order valence-corrected chi connectivity index (χ3v) is 5.13. The second kappa shape index (κ2) is 7.75. The minimum Gasteiger partial charge on any atom is -0.497 e. The van der Waals surface area contributed by atoms with Crippen LogP contribution in [0.2, 0.25) is 0 Å². The molecule has 0 unspecified atom stereocenters. The predicted octanol–water partition coefficient (Wildman–Crippen LogP) is 3.32. The first-order valence-electron chi connectivity index (χ1n) is 9.25. The van der Waals surface area contributed by atoms with E-state index in [-0.39, 0.29) is 6.03 Å². The van der Waals surface area contributed by atoms with Crippen molar-refractivity contribution in [2.75, 3.05) is 32.6 Å².